The van der Waals surface area contributed by atoms with Gasteiger partial charge < -0.3 is 19.9 Å². The van der Waals surface area contributed by atoms with Crippen molar-refractivity contribution in [1.82, 2.24) is 4.90 Å². The molecule has 2 aromatic rings. The van der Waals surface area contributed by atoms with Crippen molar-refractivity contribution in [3.05, 3.63) is 53.6 Å². The van der Waals surface area contributed by atoms with Crippen molar-refractivity contribution in [2.45, 2.75) is 25.1 Å². The van der Waals surface area contributed by atoms with Gasteiger partial charge in [-0.2, -0.15) is 8.78 Å². The summed E-state index contributed by atoms with van der Waals surface area (Å²) in [5.74, 6) is 0.325. The van der Waals surface area contributed by atoms with Gasteiger partial charge in [0.25, 0.3) is 0 Å². The Morgan fingerprint density at radius 1 is 1.23 bits per heavy atom. The molecule has 1 saturated heterocycles. The van der Waals surface area contributed by atoms with Gasteiger partial charge in [-0.3, -0.25) is 9.69 Å². The van der Waals surface area contributed by atoms with E-state index < -0.39 is 12.2 Å². The number of piperidine rings is 1. The second-order valence-corrected chi connectivity index (χ2v) is 7.67. The van der Waals surface area contributed by atoms with Crippen LogP contribution >= 0.6 is 11.6 Å². The molecule has 1 atom stereocenters. The van der Waals surface area contributed by atoms with E-state index in [1.165, 1.54) is 24.3 Å². The van der Waals surface area contributed by atoms with Crippen LogP contribution in [0.3, 0.4) is 0 Å². The quantitative estimate of drug-likeness (QED) is 0.653. The Morgan fingerprint density at radius 2 is 2.00 bits per heavy atom. The zero-order valence-electron chi connectivity index (χ0n) is 16.2. The van der Waals surface area contributed by atoms with E-state index in [2.05, 4.69) is 10.1 Å². The minimum absolute atomic E-state index is 0.0174. The molecule has 2 aromatic carbocycles. The van der Waals surface area contributed by atoms with E-state index in [4.69, 9.17) is 16.3 Å². The van der Waals surface area contributed by atoms with E-state index in [1.807, 2.05) is 4.90 Å². The molecule has 3 rings (SSSR count). The Morgan fingerprint density at radius 3 is 2.70 bits per heavy atom. The van der Waals surface area contributed by atoms with Gasteiger partial charge in [-0.1, -0.05) is 17.7 Å². The third kappa shape index (κ3) is 6.83. The molecule has 0 spiro atoms. The van der Waals surface area contributed by atoms with Crippen LogP contribution in [0.5, 0.6) is 11.5 Å². The van der Waals surface area contributed by atoms with E-state index in [9.17, 15) is 18.7 Å². The van der Waals surface area contributed by atoms with Crippen LogP contribution in [0.2, 0.25) is 5.02 Å². The van der Waals surface area contributed by atoms with Crippen LogP contribution in [0.1, 0.15) is 12.8 Å². The minimum Gasteiger partial charge on any atom is -0.490 e. The predicted molar refractivity (Wildman–Crippen MR) is 109 cm³/mol. The van der Waals surface area contributed by atoms with Gasteiger partial charge >= 0.3 is 6.61 Å². The van der Waals surface area contributed by atoms with Crippen LogP contribution in [0.15, 0.2) is 48.5 Å². The highest BCUT2D eigenvalue weighted by atomic mass is 35.5. The fourth-order valence-corrected chi connectivity index (χ4v) is 3.54. The maximum absolute atomic E-state index is 12.3. The van der Waals surface area contributed by atoms with Crippen LogP contribution in [0.25, 0.3) is 0 Å². The van der Waals surface area contributed by atoms with Crippen molar-refractivity contribution in [2.75, 3.05) is 31.6 Å². The molecule has 30 heavy (non-hydrogen) atoms. The summed E-state index contributed by atoms with van der Waals surface area (Å²) in [5.41, 5.74) is -0.604. The van der Waals surface area contributed by atoms with E-state index >= 15 is 0 Å². The first-order chi connectivity index (χ1) is 14.3. The fourth-order valence-electron chi connectivity index (χ4n) is 3.36. The molecule has 2 N–H and O–H groups in total. The van der Waals surface area contributed by atoms with Crippen molar-refractivity contribution in [3.8, 4) is 11.5 Å². The molecule has 1 amide bonds. The van der Waals surface area contributed by atoms with Crippen LogP contribution < -0.4 is 14.8 Å². The second kappa shape index (κ2) is 10.1. The fraction of sp³-hybridized carbons (Fsp3) is 0.381. The van der Waals surface area contributed by atoms with E-state index in [1.54, 1.807) is 24.3 Å². The predicted octanol–water partition coefficient (Wildman–Crippen LogP) is 3.79. The van der Waals surface area contributed by atoms with Gasteiger partial charge in [0.15, 0.2) is 0 Å². The van der Waals surface area contributed by atoms with Crippen molar-refractivity contribution in [3.63, 3.8) is 0 Å². The number of nitrogens with zero attached hydrogens (tertiary/aromatic N) is 1. The maximum atomic E-state index is 12.3. The molecule has 1 aliphatic rings. The molecule has 6 nitrogen and oxygen atoms in total. The standard InChI is InChI=1S/C21H23ClF2N2O4/c22-15-3-1-4-18(11-15)29-14-21(28)9-2-10-26(13-21)12-19(27)25-16-5-7-17(8-6-16)30-20(23)24/h1,3-8,11,20,28H,2,9-10,12-14H2,(H,25,27). The number of likely N-dealkylation sites (tertiary alicyclic amines) is 1. The second-order valence-electron chi connectivity index (χ2n) is 7.24. The van der Waals surface area contributed by atoms with Crippen LogP contribution in [-0.4, -0.2) is 54.4 Å². The Hall–Kier alpha value is -2.42. The lowest BCUT2D eigenvalue weighted by molar-refractivity contribution is -0.119. The van der Waals surface area contributed by atoms with Gasteiger partial charge in [0, 0.05) is 17.3 Å². The Labute approximate surface area is 178 Å². The molecule has 1 aliphatic heterocycles. The van der Waals surface area contributed by atoms with Gasteiger partial charge in [0.1, 0.15) is 23.7 Å². The number of hydrogen-bond donors (Lipinski definition) is 2. The Bertz CT molecular complexity index is 853. The van der Waals surface area contributed by atoms with Crippen molar-refractivity contribution < 1.29 is 28.2 Å². The van der Waals surface area contributed by atoms with Gasteiger partial charge in [-0.05, 0) is 61.9 Å². The van der Waals surface area contributed by atoms with E-state index in [0.717, 1.165) is 6.42 Å². The molecular weight excluding hydrogens is 418 g/mol. The highest BCUT2D eigenvalue weighted by molar-refractivity contribution is 6.30. The summed E-state index contributed by atoms with van der Waals surface area (Å²) in [6.07, 6.45) is 1.29. The van der Waals surface area contributed by atoms with Crippen molar-refractivity contribution >= 4 is 23.2 Å². The highest BCUT2D eigenvalue weighted by Crippen LogP contribution is 2.24. The Kier molecular flexibility index (Phi) is 7.47. The molecular formula is C21H23ClF2N2O4. The molecule has 0 aromatic heterocycles. The van der Waals surface area contributed by atoms with Crippen molar-refractivity contribution in [1.29, 1.82) is 0 Å². The van der Waals surface area contributed by atoms with Crippen molar-refractivity contribution in [2.24, 2.45) is 0 Å². The normalized spacial score (nSPS) is 19.5. The number of aliphatic hydroxyl groups is 1. The molecule has 0 radical (unpaired) electrons. The summed E-state index contributed by atoms with van der Waals surface area (Å²) >= 11 is 5.94. The zero-order chi connectivity index (χ0) is 21.6. The van der Waals surface area contributed by atoms with Gasteiger partial charge in [-0.25, -0.2) is 0 Å². The maximum Gasteiger partial charge on any atom is 0.387 e. The average Bonchev–Trinajstić information content (AvgIpc) is 2.68. The molecule has 0 bridgehead atoms. The summed E-state index contributed by atoms with van der Waals surface area (Å²) in [6, 6.07) is 12.6. The average molecular weight is 441 g/mol. The van der Waals surface area contributed by atoms with Gasteiger partial charge in [-0.15, -0.1) is 0 Å². The number of halogens is 3. The lowest BCUT2D eigenvalue weighted by Crippen LogP contribution is -2.53. The molecule has 9 heteroatoms. The summed E-state index contributed by atoms with van der Waals surface area (Å²) in [7, 11) is 0. The molecule has 1 unspecified atom stereocenters. The topological polar surface area (TPSA) is 71.0 Å². The largest absolute Gasteiger partial charge is 0.490 e. The number of nitrogens with one attached hydrogen (secondary N) is 1. The zero-order valence-corrected chi connectivity index (χ0v) is 16.9. The van der Waals surface area contributed by atoms with E-state index in [0.29, 0.717) is 36.0 Å². The third-order valence-corrected chi connectivity index (χ3v) is 4.90. The van der Waals surface area contributed by atoms with Crippen LogP contribution in [0.4, 0.5) is 14.5 Å². The first-order valence-corrected chi connectivity index (χ1v) is 9.87. The smallest absolute Gasteiger partial charge is 0.387 e. The SMILES string of the molecule is O=C(CN1CCCC(O)(COc2cccc(Cl)c2)C1)Nc1ccc(OC(F)F)cc1. The van der Waals surface area contributed by atoms with Gasteiger partial charge in [0.2, 0.25) is 5.91 Å². The van der Waals surface area contributed by atoms with Crippen LogP contribution in [0, 0.1) is 0 Å². The highest BCUT2D eigenvalue weighted by Gasteiger charge is 2.34. The number of anilines is 1. The number of carbonyl (C=O) groups excluding carboxylic acids is 1. The van der Waals surface area contributed by atoms with Gasteiger partial charge in [0.05, 0.1) is 6.54 Å². The number of amides is 1. The summed E-state index contributed by atoms with van der Waals surface area (Å²) < 4.78 is 34.4. The summed E-state index contributed by atoms with van der Waals surface area (Å²) in [4.78, 5) is 14.2. The molecule has 0 saturated carbocycles. The number of ether oxygens (including phenoxy) is 2. The minimum atomic E-state index is -2.90. The monoisotopic (exact) mass is 440 g/mol. The number of β-amino-alcohol motifs (C(OH)–C–C–N with tert-alkyl or cyclic N) is 1. The first kappa shape index (κ1) is 22.3. The Balaban J connectivity index is 1.49. The summed E-state index contributed by atoms with van der Waals surface area (Å²) in [5, 5.41) is 14.1. The van der Waals surface area contributed by atoms with E-state index in [-0.39, 0.29) is 24.8 Å². The third-order valence-electron chi connectivity index (χ3n) is 4.67. The molecule has 1 fully saturated rings. The molecule has 1 heterocycles. The lowest BCUT2D eigenvalue weighted by atomic mass is 9.93. The number of alkyl halides is 2. The molecule has 0 aliphatic carbocycles. The number of carbonyl (C=O) groups is 1. The van der Waals surface area contributed by atoms with Crippen LogP contribution in [-0.2, 0) is 4.79 Å². The number of rotatable bonds is 8. The molecule has 162 valence electrons. The lowest BCUT2D eigenvalue weighted by Gasteiger charge is -2.38. The summed E-state index contributed by atoms with van der Waals surface area (Å²) in [6.45, 7) is -1.74. The first-order valence-electron chi connectivity index (χ1n) is 9.49. The number of benzene rings is 2. The number of hydrogen-bond acceptors (Lipinski definition) is 5.